The van der Waals surface area contributed by atoms with Gasteiger partial charge in [0, 0.05) is 0 Å². The normalized spacial score (nSPS) is 15.0. The molecule has 1 aliphatic rings. The quantitative estimate of drug-likeness (QED) is 0.655. The number of aromatic nitrogens is 2. The van der Waals surface area contributed by atoms with E-state index in [0.29, 0.717) is 13.2 Å². The molecule has 2 aromatic rings. The third kappa shape index (κ3) is 3.97. The maximum absolute atomic E-state index is 5.73. The van der Waals surface area contributed by atoms with Gasteiger partial charge in [-0.25, -0.2) is 9.13 Å². The summed E-state index contributed by atoms with van der Waals surface area (Å²) in [6.07, 6.45) is 6.38. The van der Waals surface area contributed by atoms with E-state index in [4.69, 9.17) is 9.47 Å². The van der Waals surface area contributed by atoms with E-state index in [0.717, 1.165) is 18.9 Å². The zero-order valence-electron chi connectivity index (χ0n) is 13.0. The highest BCUT2D eigenvalue weighted by Crippen LogP contribution is 2.21. The van der Waals surface area contributed by atoms with Crippen LogP contribution in [0.4, 0.5) is 0 Å². The van der Waals surface area contributed by atoms with Crippen LogP contribution < -0.4 is 21.5 Å². The standard InChI is InChI=1S/C17H23N2O2.BrH/c1-2-3-9-18-10-11-19(14-15-7-5-4-6-8-15)16(18)17-20-12-13-21-17;/h4-8,10-11,17H,2-3,9,12-14H2,1H3;1H/q+1;/p-1. The van der Waals surface area contributed by atoms with Crippen LogP contribution in [0.15, 0.2) is 42.7 Å². The van der Waals surface area contributed by atoms with Gasteiger partial charge < -0.3 is 26.5 Å². The lowest BCUT2D eigenvalue weighted by atomic mass is 10.2. The number of halogens is 1. The van der Waals surface area contributed by atoms with Gasteiger partial charge >= 0.3 is 5.82 Å². The number of benzene rings is 1. The second kappa shape index (κ2) is 8.46. The molecular weight excluding hydrogens is 344 g/mol. The van der Waals surface area contributed by atoms with E-state index in [1.165, 1.54) is 18.4 Å². The van der Waals surface area contributed by atoms with Gasteiger partial charge in [-0.1, -0.05) is 43.7 Å². The van der Waals surface area contributed by atoms with Crippen molar-refractivity contribution >= 4 is 0 Å². The van der Waals surface area contributed by atoms with Crippen LogP contribution in [0.3, 0.4) is 0 Å². The van der Waals surface area contributed by atoms with Crippen molar-refractivity contribution < 1.29 is 31.0 Å². The van der Waals surface area contributed by atoms with Gasteiger partial charge in [0.1, 0.15) is 18.9 Å². The summed E-state index contributed by atoms with van der Waals surface area (Å²) in [4.78, 5) is 0. The fourth-order valence-electron chi connectivity index (χ4n) is 2.69. The first-order valence-electron chi connectivity index (χ1n) is 7.74. The molecule has 0 bridgehead atoms. The number of aryl methyl sites for hydroxylation is 1. The van der Waals surface area contributed by atoms with E-state index in [1.54, 1.807) is 0 Å². The molecule has 22 heavy (non-hydrogen) atoms. The summed E-state index contributed by atoms with van der Waals surface area (Å²) in [6.45, 7) is 5.42. The van der Waals surface area contributed by atoms with Crippen molar-refractivity contribution in [3.05, 3.63) is 54.1 Å². The number of hydrogen-bond acceptors (Lipinski definition) is 2. The zero-order valence-corrected chi connectivity index (χ0v) is 14.5. The molecule has 1 aromatic heterocycles. The molecule has 0 aliphatic carbocycles. The van der Waals surface area contributed by atoms with Crippen molar-refractivity contribution in [1.29, 1.82) is 0 Å². The second-order valence-corrected chi connectivity index (χ2v) is 5.39. The van der Waals surface area contributed by atoms with Crippen LogP contribution in [0.2, 0.25) is 0 Å². The molecular formula is C17H23BrN2O2. The lowest BCUT2D eigenvalue weighted by molar-refractivity contribution is -0.710. The van der Waals surface area contributed by atoms with Gasteiger partial charge in [-0.05, 0) is 12.0 Å². The second-order valence-electron chi connectivity index (χ2n) is 5.39. The maximum Gasteiger partial charge on any atom is 0.314 e. The Bertz CT molecular complexity index is 565. The highest BCUT2D eigenvalue weighted by atomic mass is 79.9. The van der Waals surface area contributed by atoms with Gasteiger partial charge in [-0.2, -0.15) is 0 Å². The van der Waals surface area contributed by atoms with E-state index < -0.39 is 0 Å². The number of imidazole rings is 1. The molecule has 120 valence electrons. The predicted molar refractivity (Wildman–Crippen MR) is 79.7 cm³/mol. The molecule has 1 saturated heterocycles. The van der Waals surface area contributed by atoms with E-state index >= 15 is 0 Å². The van der Waals surface area contributed by atoms with E-state index in [9.17, 15) is 0 Å². The average molecular weight is 367 g/mol. The Hall–Kier alpha value is -1.17. The van der Waals surface area contributed by atoms with E-state index in [1.807, 2.05) is 6.07 Å². The molecule has 5 heteroatoms. The van der Waals surface area contributed by atoms with Crippen LogP contribution in [0, 0.1) is 0 Å². The minimum atomic E-state index is -0.236. The summed E-state index contributed by atoms with van der Waals surface area (Å²) < 4.78 is 16.0. The third-order valence-electron chi connectivity index (χ3n) is 3.80. The molecule has 4 nitrogen and oxygen atoms in total. The SMILES string of the molecule is CCCC[n+]1ccn(Cc2ccccc2)c1C1OCCO1.[Br-]. The van der Waals surface area contributed by atoms with Gasteiger partial charge in [0.05, 0.1) is 19.8 Å². The highest BCUT2D eigenvalue weighted by Gasteiger charge is 2.31. The Morgan fingerprint density at radius 1 is 1.18 bits per heavy atom. The molecule has 1 aromatic carbocycles. The van der Waals surface area contributed by atoms with Crippen molar-refractivity contribution in [3.63, 3.8) is 0 Å². The molecule has 0 spiro atoms. The maximum atomic E-state index is 5.73. The number of rotatable bonds is 6. The molecule has 0 amide bonds. The topological polar surface area (TPSA) is 27.3 Å². The fraction of sp³-hybridized carbons (Fsp3) is 0.471. The molecule has 0 radical (unpaired) electrons. The predicted octanol–water partition coefficient (Wildman–Crippen LogP) is -0.327. The molecule has 0 saturated carbocycles. The Balaban J connectivity index is 0.00000176. The van der Waals surface area contributed by atoms with E-state index in [2.05, 4.69) is 52.7 Å². The van der Waals surface area contributed by atoms with Gasteiger partial charge in [0.15, 0.2) is 0 Å². The average Bonchev–Trinajstić information content (AvgIpc) is 3.15. The van der Waals surface area contributed by atoms with Crippen molar-refractivity contribution in [3.8, 4) is 0 Å². The molecule has 0 unspecified atom stereocenters. The van der Waals surface area contributed by atoms with Crippen LogP contribution in [0.5, 0.6) is 0 Å². The first kappa shape index (κ1) is 17.2. The largest absolute Gasteiger partial charge is 1.00 e. The van der Waals surface area contributed by atoms with Crippen molar-refractivity contribution in [2.45, 2.75) is 39.1 Å². The summed E-state index contributed by atoms with van der Waals surface area (Å²) >= 11 is 0. The summed E-state index contributed by atoms with van der Waals surface area (Å²) in [5.74, 6) is 1.12. The van der Waals surface area contributed by atoms with Crippen molar-refractivity contribution in [1.82, 2.24) is 4.57 Å². The van der Waals surface area contributed by atoms with Gasteiger partial charge in [-0.15, -0.1) is 0 Å². The molecule has 1 aliphatic heterocycles. The van der Waals surface area contributed by atoms with Crippen LogP contribution in [-0.4, -0.2) is 17.8 Å². The van der Waals surface area contributed by atoms with Crippen LogP contribution >= 0.6 is 0 Å². The van der Waals surface area contributed by atoms with Crippen molar-refractivity contribution in [2.75, 3.05) is 13.2 Å². The first-order valence-corrected chi connectivity index (χ1v) is 7.74. The molecule has 2 heterocycles. The van der Waals surface area contributed by atoms with E-state index in [-0.39, 0.29) is 23.3 Å². The molecule has 0 N–H and O–H groups in total. The minimum absolute atomic E-state index is 0. The lowest BCUT2D eigenvalue weighted by Crippen LogP contribution is -3.00. The highest BCUT2D eigenvalue weighted by molar-refractivity contribution is 5.15. The smallest absolute Gasteiger partial charge is 0.314 e. The number of hydrogen-bond donors (Lipinski definition) is 0. The Morgan fingerprint density at radius 3 is 2.59 bits per heavy atom. The van der Waals surface area contributed by atoms with Gasteiger partial charge in [-0.3, -0.25) is 0 Å². The lowest BCUT2D eigenvalue weighted by Gasteiger charge is -2.10. The van der Waals surface area contributed by atoms with Crippen LogP contribution in [0.1, 0.15) is 37.4 Å². The summed E-state index contributed by atoms with van der Waals surface area (Å²) in [6, 6.07) is 10.5. The Morgan fingerprint density at radius 2 is 1.91 bits per heavy atom. The number of unbranched alkanes of at least 4 members (excludes halogenated alkanes) is 1. The fourth-order valence-corrected chi connectivity index (χ4v) is 2.69. The summed E-state index contributed by atoms with van der Waals surface area (Å²) in [5.41, 5.74) is 1.29. The van der Waals surface area contributed by atoms with Gasteiger partial charge in [0.25, 0.3) is 6.29 Å². The summed E-state index contributed by atoms with van der Waals surface area (Å²) in [5, 5.41) is 0. The monoisotopic (exact) mass is 366 g/mol. The summed E-state index contributed by atoms with van der Waals surface area (Å²) in [7, 11) is 0. The van der Waals surface area contributed by atoms with Crippen LogP contribution in [-0.2, 0) is 22.6 Å². The number of nitrogens with zero attached hydrogens (tertiary/aromatic N) is 2. The van der Waals surface area contributed by atoms with Crippen molar-refractivity contribution in [2.24, 2.45) is 0 Å². The minimum Gasteiger partial charge on any atom is -1.00 e. The zero-order chi connectivity index (χ0) is 14.5. The van der Waals surface area contributed by atoms with Crippen LogP contribution in [0.25, 0.3) is 0 Å². The molecule has 3 rings (SSSR count). The first-order chi connectivity index (χ1) is 10.4. The Kier molecular flexibility index (Phi) is 6.61. The van der Waals surface area contributed by atoms with Gasteiger partial charge in [0.2, 0.25) is 0 Å². The molecule has 0 atom stereocenters. The Labute approximate surface area is 142 Å². The molecule has 1 fully saturated rings. The number of ether oxygens (including phenoxy) is 2. The third-order valence-corrected chi connectivity index (χ3v) is 3.80.